The summed E-state index contributed by atoms with van der Waals surface area (Å²) in [5.41, 5.74) is 11.1. The third-order valence-electron chi connectivity index (χ3n) is 7.25. The number of aryl methyl sites for hydroxylation is 4. The van der Waals surface area contributed by atoms with Crippen LogP contribution in [0.1, 0.15) is 112 Å². The number of aromatic nitrogens is 1. The number of hydrogen-bond acceptors (Lipinski definition) is 3. The number of aliphatic imine (C=N–C) groups is 2. The predicted molar refractivity (Wildman–Crippen MR) is 166 cm³/mol. The van der Waals surface area contributed by atoms with Crippen molar-refractivity contribution in [3.8, 4) is 0 Å². The molecule has 0 saturated heterocycles. The minimum atomic E-state index is 0.935. The zero-order valence-corrected chi connectivity index (χ0v) is 24.6. The number of benzene rings is 2. The van der Waals surface area contributed by atoms with Gasteiger partial charge in [0.15, 0.2) is 0 Å². The van der Waals surface area contributed by atoms with E-state index in [1.54, 1.807) is 0 Å². The monoisotopic (exact) mass is 509 g/mol. The summed E-state index contributed by atoms with van der Waals surface area (Å²) in [5.74, 6) is 0. The van der Waals surface area contributed by atoms with Crippen LogP contribution in [0.25, 0.3) is 0 Å². The molecular weight excluding hydrogens is 462 g/mol. The molecule has 0 fully saturated rings. The molecule has 0 aliphatic rings. The fourth-order valence-electron chi connectivity index (χ4n) is 4.91. The third-order valence-corrected chi connectivity index (χ3v) is 7.25. The lowest BCUT2D eigenvalue weighted by molar-refractivity contribution is 0.682. The quantitative estimate of drug-likeness (QED) is 0.157. The zero-order chi connectivity index (χ0) is 27.3. The van der Waals surface area contributed by atoms with E-state index in [4.69, 9.17) is 15.0 Å². The largest absolute Gasteiger partial charge is 0.251 e. The highest BCUT2D eigenvalue weighted by Crippen LogP contribution is 2.27. The number of pyridine rings is 1. The van der Waals surface area contributed by atoms with Gasteiger partial charge in [0.25, 0.3) is 0 Å². The highest BCUT2D eigenvalue weighted by Gasteiger charge is 2.13. The summed E-state index contributed by atoms with van der Waals surface area (Å²) in [6.07, 6.45) is 11.5. The van der Waals surface area contributed by atoms with E-state index in [2.05, 4.69) is 96.1 Å². The SMILES string of the molecule is CCCCCCC(=Nc1c(C)cccc1C)c1cccc(C(CCCCCC)=Nc2c(C)cccc2C)n1. The molecule has 2 aromatic carbocycles. The minimum Gasteiger partial charge on any atom is -0.251 e. The van der Waals surface area contributed by atoms with Crippen molar-refractivity contribution in [3.63, 3.8) is 0 Å². The maximum absolute atomic E-state index is 5.24. The van der Waals surface area contributed by atoms with Crippen molar-refractivity contribution >= 4 is 22.8 Å². The van der Waals surface area contributed by atoms with E-state index in [9.17, 15) is 0 Å². The molecule has 3 rings (SSSR count). The minimum absolute atomic E-state index is 0.935. The molecule has 3 nitrogen and oxygen atoms in total. The van der Waals surface area contributed by atoms with Gasteiger partial charge in [0.1, 0.15) is 0 Å². The molecule has 0 N–H and O–H groups in total. The molecule has 0 unspecified atom stereocenters. The van der Waals surface area contributed by atoms with Crippen LogP contribution in [0, 0.1) is 27.7 Å². The van der Waals surface area contributed by atoms with Crippen LogP contribution in [-0.2, 0) is 0 Å². The van der Waals surface area contributed by atoms with Gasteiger partial charge in [-0.2, -0.15) is 0 Å². The Balaban J connectivity index is 2.05. The summed E-state index contributed by atoms with van der Waals surface area (Å²) < 4.78 is 0. The first-order valence-electron chi connectivity index (χ1n) is 14.7. The van der Waals surface area contributed by atoms with Crippen LogP contribution >= 0.6 is 0 Å². The van der Waals surface area contributed by atoms with Gasteiger partial charge < -0.3 is 0 Å². The Morgan fingerprint density at radius 3 is 1.26 bits per heavy atom. The fraction of sp³-hybridized carbons (Fsp3) is 0.457. The van der Waals surface area contributed by atoms with Crippen molar-refractivity contribution in [2.75, 3.05) is 0 Å². The molecule has 3 aromatic rings. The second kappa shape index (κ2) is 15.4. The van der Waals surface area contributed by atoms with Gasteiger partial charge in [0.05, 0.1) is 34.2 Å². The van der Waals surface area contributed by atoms with Crippen molar-refractivity contribution in [2.45, 2.75) is 106 Å². The van der Waals surface area contributed by atoms with Gasteiger partial charge >= 0.3 is 0 Å². The van der Waals surface area contributed by atoms with Gasteiger partial charge in [0, 0.05) is 0 Å². The fourth-order valence-corrected chi connectivity index (χ4v) is 4.91. The lowest BCUT2D eigenvalue weighted by Crippen LogP contribution is -2.10. The molecule has 1 aromatic heterocycles. The summed E-state index contributed by atoms with van der Waals surface area (Å²) in [5, 5.41) is 0. The van der Waals surface area contributed by atoms with Crippen LogP contribution in [0.3, 0.4) is 0 Å². The van der Waals surface area contributed by atoms with Crippen molar-refractivity contribution in [1.82, 2.24) is 4.98 Å². The van der Waals surface area contributed by atoms with E-state index >= 15 is 0 Å². The third kappa shape index (κ3) is 8.48. The molecule has 202 valence electrons. The van der Waals surface area contributed by atoms with Crippen LogP contribution in [-0.4, -0.2) is 16.4 Å². The lowest BCUT2D eigenvalue weighted by atomic mass is 10.0. The summed E-state index contributed by atoms with van der Waals surface area (Å²) in [7, 11) is 0. The Kier molecular flexibility index (Phi) is 11.9. The summed E-state index contributed by atoms with van der Waals surface area (Å²) >= 11 is 0. The normalized spacial score (nSPS) is 12.3. The number of unbranched alkanes of at least 4 members (excludes halogenated alkanes) is 6. The Labute approximate surface area is 231 Å². The first-order valence-corrected chi connectivity index (χ1v) is 14.7. The van der Waals surface area contributed by atoms with Gasteiger partial charge in [-0.25, -0.2) is 4.98 Å². The average molecular weight is 510 g/mol. The Morgan fingerprint density at radius 2 is 0.895 bits per heavy atom. The molecule has 3 heteroatoms. The first-order chi connectivity index (χ1) is 18.4. The topological polar surface area (TPSA) is 37.6 Å². The van der Waals surface area contributed by atoms with Crippen LogP contribution in [0.15, 0.2) is 64.6 Å². The van der Waals surface area contributed by atoms with Gasteiger partial charge in [-0.05, 0) is 87.8 Å². The second-order valence-corrected chi connectivity index (χ2v) is 10.6. The van der Waals surface area contributed by atoms with Gasteiger partial charge in [-0.15, -0.1) is 0 Å². The number of hydrogen-bond donors (Lipinski definition) is 0. The first kappa shape index (κ1) is 29.5. The lowest BCUT2D eigenvalue weighted by Gasteiger charge is -2.13. The van der Waals surface area contributed by atoms with Crippen molar-refractivity contribution in [3.05, 3.63) is 88.2 Å². The Bertz CT molecular complexity index is 1100. The van der Waals surface area contributed by atoms with E-state index in [-0.39, 0.29) is 0 Å². The highest BCUT2D eigenvalue weighted by molar-refractivity contribution is 6.04. The second-order valence-electron chi connectivity index (χ2n) is 10.6. The molecule has 0 amide bonds. The van der Waals surface area contributed by atoms with Crippen LogP contribution in [0.4, 0.5) is 11.4 Å². The van der Waals surface area contributed by atoms with Crippen molar-refractivity contribution in [2.24, 2.45) is 9.98 Å². The predicted octanol–water partition coefficient (Wildman–Crippen LogP) is 10.5. The molecule has 0 aliphatic heterocycles. The van der Waals surface area contributed by atoms with Gasteiger partial charge in [-0.3, -0.25) is 9.98 Å². The van der Waals surface area contributed by atoms with Crippen molar-refractivity contribution < 1.29 is 0 Å². The maximum Gasteiger partial charge on any atom is 0.0852 e. The Morgan fingerprint density at radius 1 is 0.526 bits per heavy atom. The summed E-state index contributed by atoms with van der Waals surface area (Å²) in [4.78, 5) is 15.7. The molecule has 0 aliphatic carbocycles. The molecule has 1 heterocycles. The van der Waals surface area contributed by atoms with Crippen LogP contribution in [0.2, 0.25) is 0 Å². The van der Waals surface area contributed by atoms with Crippen LogP contribution in [0.5, 0.6) is 0 Å². The number of nitrogens with zero attached hydrogens (tertiary/aromatic N) is 3. The number of rotatable bonds is 14. The molecule has 38 heavy (non-hydrogen) atoms. The zero-order valence-electron chi connectivity index (χ0n) is 24.6. The van der Waals surface area contributed by atoms with Crippen LogP contribution < -0.4 is 0 Å². The van der Waals surface area contributed by atoms with E-state index in [0.29, 0.717) is 0 Å². The van der Waals surface area contributed by atoms with Gasteiger partial charge in [-0.1, -0.05) is 94.8 Å². The summed E-state index contributed by atoms with van der Waals surface area (Å²) in [6.45, 7) is 13.1. The Hall–Kier alpha value is -3.07. The molecule has 0 radical (unpaired) electrons. The maximum atomic E-state index is 5.24. The smallest absolute Gasteiger partial charge is 0.0852 e. The van der Waals surface area contributed by atoms with E-state index in [1.165, 1.54) is 60.8 Å². The highest BCUT2D eigenvalue weighted by atomic mass is 14.8. The van der Waals surface area contributed by atoms with E-state index < -0.39 is 0 Å². The van der Waals surface area contributed by atoms with E-state index in [0.717, 1.165) is 59.9 Å². The molecule has 0 bridgehead atoms. The molecule has 0 saturated carbocycles. The number of para-hydroxylation sites is 2. The standard InChI is InChI=1S/C35H47N3/c1-7-9-11-13-22-32(37-34-26(3)18-15-19-27(34)4)30-24-17-25-31(36-30)33(23-14-12-10-8-2)38-35-28(5)20-16-21-29(35)6/h15-21,24-25H,7-14,22-23H2,1-6H3. The molecule has 0 atom stereocenters. The summed E-state index contributed by atoms with van der Waals surface area (Å²) in [6, 6.07) is 19.2. The van der Waals surface area contributed by atoms with E-state index in [1.807, 2.05) is 0 Å². The van der Waals surface area contributed by atoms with Gasteiger partial charge in [0.2, 0.25) is 0 Å². The molecule has 0 spiro atoms. The average Bonchev–Trinajstić information content (AvgIpc) is 2.91. The molecular formula is C35H47N3. The van der Waals surface area contributed by atoms with Crippen molar-refractivity contribution in [1.29, 1.82) is 0 Å².